The number of nitrogens with zero attached hydrogens (tertiary/aromatic N) is 2. The molecule has 0 aromatic heterocycles. The molecule has 1 atom stereocenters. The van der Waals surface area contributed by atoms with Gasteiger partial charge in [-0.1, -0.05) is 6.42 Å². The molecule has 3 fully saturated rings. The quantitative estimate of drug-likeness (QED) is 0.325. The molecule has 8 nitrogen and oxygen atoms in total. The summed E-state index contributed by atoms with van der Waals surface area (Å²) in [6.45, 7) is 2.36. The zero-order valence-corrected chi connectivity index (χ0v) is 24.5. The first-order valence-electron chi connectivity index (χ1n) is 13.8. The average Bonchev–Trinajstić information content (AvgIpc) is 3.80. The minimum Gasteiger partial charge on any atom is -0.370 e. The third-order valence-electron chi connectivity index (χ3n) is 7.83. The zero-order chi connectivity index (χ0) is 28.4. The molecule has 1 aliphatic carbocycles. The first-order chi connectivity index (χ1) is 19.1. The molecular formula is C28H33BrF2N4O4S. The summed E-state index contributed by atoms with van der Waals surface area (Å²) in [6, 6.07) is 5.82. The van der Waals surface area contributed by atoms with E-state index in [1.807, 2.05) is 0 Å². The van der Waals surface area contributed by atoms with Crippen molar-refractivity contribution in [1.29, 1.82) is 0 Å². The van der Waals surface area contributed by atoms with Crippen LogP contribution in [0.3, 0.4) is 0 Å². The smallest absolute Gasteiger partial charge is 0.313 e. The van der Waals surface area contributed by atoms with Gasteiger partial charge in [0.1, 0.15) is 11.6 Å². The highest BCUT2D eigenvalue weighted by Crippen LogP contribution is 2.42. The second kappa shape index (κ2) is 12.1. The SMILES string of the molecule is O=C(Nc1cc(S(=O)(=O)N2CCCCC2)ccc1N1CCCCC1)C(=O)NC(c1cc(F)c(Br)cc1F)C1CC1. The van der Waals surface area contributed by atoms with E-state index in [0.29, 0.717) is 31.6 Å². The molecule has 0 radical (unpaired) electrons. The number of halogens is 3. The fraction of sp³-hybridized carbons (Fsp3) is 0.500. The van der Waals surface area contributed by atoms with Crippen LogP contribution in [0.15, 0.2) is 39.7 Å². The second-order valence-corrected chi connectivity index (χ2v) is 13.5. The van der Waals surface area contributed by atoms with Crippen molar-refractivity contribution in [2.45, 2.75) is 62.3 Å². The maximum atomic E-state index is 14.7. The third kappa shape index (κ3) is 6.33. The molecule has 0 spiro atoms. The summed E-state index contributed by atoms with van der Waals surface area (Å²) in [5, 5.41) is 5.21. The first-order valence-corrected chi connectivity index (χ1v) is 16.0. The molecule has 2 heterocycles. The van der Waals surface area contributed by atoms with E-state index >= 15 is 0 Å². The summed E-state index contributed by atoms with van der Waals surface area (Å²) in [5.74, 6) is -3.48. The summed E-state index contributed by atoms with van der Waals surface area (Å²) in [6.07, 6.45) is 6.98. The largest absolute Gasteiger partial charge is 0.370 e. The Hall–Kier alpha value is -2.57. The van der Waals surface area contributed by atoms with Crippen LogP contribution in [0.5, 0.6) is 0 Å². The van der Waals surface area contributed by atoms with Crippen molar-refractivity contribution in [2.75, 3.05) is 36.4 Å². The minimum atomic E-state index is -3.78. The summed E-state index contributed by atoms with van der Waals surface area (Å²) in [4.78, 5) is 28.3. The van der Waals surface area contributed by atoms with Crippen LogP contribution in [0.1, 0.15) is 63.0 Å². The number of hydrogen-bond acceptors (Lipinski definition) is 5. The Morgan fingerprint density at radius 1 is 0.875 bits per heavy atom. The number of sulfonamides is 1. The maximum absolute atomic E-state index is 14.7. The standard InChI is InChI=1S/C28H33BrF2N4O4S/c29-21-17-22(30)20(16-23(21)31)26(18-7-8-18)33-28(37)27(36)32-24-15-19(40(38,39)35-13-5-2-6-14-35)9-10-25(24)34-11-3-1-4-12-34/h9-10,15-18,26H,1-8,11-14H2,(H,32,36)(H,33,37). The van der Waals surface area contributed by atoms with Crippen molar-refractivity contribution in [2.24, 2.45) is 5.92 Å². The van der Waals surface area contributed by atoms with Crippen LogP contribution in [-0.2, 0) is 19.6 Å². The Morgan fingerprint density at radius 2 is 1.52 bits per heavy atom. The van der Waals surface area contributed by atoms with Gasteiger partial charge in [0, 0.05) is 31.7 Å². The fourth-order valence-electron chi connectivity index (χ4n) is 5.48. The van der Waals surface area contributed by atoms with Gasteiger partial charge in [0.2, 0.25) is 10.0 Å². The molecule has 2 N–H and O–H groups in total. The van der Waals surface area contributed by atoms with Gasteiger partial charge in [0.15, 0.2) is 0 Å². The molecule has 2 saturated heterocycles. The molecule has 1 saturated carbocycles. The lowest BCUT2D eigenvalue weighted by molar-refractivity contribution is -0.136. The van der Waals surface area contributed by atoms with Crippen LogP contribution in [0, 0.1) is 17.6 Å². The van der Waals surface area contributed by atoms with E-state index in [9.17, 15) is 26.8 Å². The number of piperidine rings is 2. The Bertz CT molecular complexity index is 1390. The number of benzene rings is 2. The van der Waals surface area contributed by atoms with E-state index in [1.165, 1.54) is 10.4 Å². The molecule has 2 aromatic carbocycles. The van der Waals surface area contributed by atoms with Crippen LogP contribution in [0.4, 0.5) is 20.2 Å². The molecule has 12 heteroatoms. The summed E-state index contributed by atoms with van der Waals surface area (Å²) in [5.41, 5.74) is 0.843. The highest BCUT2D eigenvalue weighted by atomic mass is 79.9. The van der Waals surface area contributed by atoms with Crippen LogP contribution in [0.2, 0.25) is 0 Å². The van der Waals surface area contributed by atoms with E-state index in [0.717, 1.165) is 63.7 Å². The Balaban J connectivity index is 1.40. The van der Waals surface area contributed by atoms with Gasteiger partial charge >= 0.3 is 11.8 Å². The molecule has 0 bridgehead atoms. The Morgan fingerprint density at radius 3 is 2.17 bits per heavy atom. The van der Waals surface area contributed by atoms with Crippen LogP contribution in [-0.4, -0.2) is 50.7 Å². The summed E-state index contributed by atoms with van der Waals surface area (Å²) < 4.78 is 57.1. The van der Waals surface area contributed by atoms with Crippen molar-refractivity contribution in [3.8, 4) is 0 Å². The molecule has 2 amide bonds. The fourth-order valence-corrected chi connectivity index (χ4v) is 7.34. The number of carbonyl (C=O) groups is 2. The number of rotatable bonds is 7. The van der Waals surface area contributed by atoms with Gasteiger partial charge in [0.05, 0.1) is 26.8 Å². The van der Waals surface area contributed by atoms with Gasteiger partial charge < -0.3 is 15.5 Å². The van der Waals surface area contributed by atoms with Crippen molar-refractivity contribution in [3.63, 3.8) is 0 Å². The average molecular weight is 640 g/mol. The van der Waals surface area contributed by atoms with E-state index in [2.05, 4.69) is 31.5 Å². The molecule has 216 valence electrons. The minimum absolute atomic E-state index is 0.0204. The van der Waals surface area contributed by atoms with Gasteiger partial charge in [-0.15, -0.1) is 0 Å². The molecule has 2 aromatic rings. The lowest BCUT2D eigenvalue weighted by atomic mass is 10.0. The molecule has 5 rings (SSSR count). The highest BCUT2D eigenvalue weighted by molar-refractivity contribution is 9.10. The normalized spacial score (nSPS) is 19.2. The van der Waals surface area contributed by atoms with Gasteiger partial charge in [-0.05, 0) is 97.1 Å². The summed E-state index contributed by atoms with van der Waals surface area (Å²) in [7, 11) is -3.78. The van der Waals surface area contributed by atoms with Gasteiger partial charge in [-0.2, -0.15) is 4.31 Å². The molecule has 2 aliphatic heterocycles. The molecule has 3 aliphatic rings. The van der Waals surface area contributed by atoms with Crippen molar-refractivity contribution >= 4 is 49.1 Å². The van der Waals surface area contributed by atoms with Crippen molar-refractivity contribution < 1.29 is 26.8 Å². The molecule has 1 unspecified atom stereocenters. The van der Waals surface area contributed by atoms with Crippen LogP contribution in [0.25, 0.3) is 0 Å². The summed E-state index contributed by atoms with van der Waals surface area (Å²) >= 11 is 2.96. The van der Waals surface area contributed by atoms with Crippen LogP contribution >= 0.6 is 15.9 Å². The van der Waals surface area contributed by atoms with Gasteiger partial charge in [-0.25, -0.2) is 17.2 Å². The second-order valence-electron chi connectivity index (χ2n) is 10.7. The van der Waals surface area contributed by atoms with Crippen molar-refractivity contribution in [3.05, 3.63) is 52.0 Å². The first kappa shape index (κ1) is 28.9. The van der Waals surface area contributed by atoms with Crippen molar-refractivity contribution in [1.82, 2.24) is 9.62 Å². The van der Waals surface area contributed by atoms with Crippen LogP contribution < -0.4 is 15.5 Å². The number of hydrogen-bond donors (Lipinski definition) is 2. The topological polar surface area (TPSA) is 98.8 Å². The molecular weight excluding hydrogens is 606 g/mol. The monoisotopic (exact) mass is 638 g/mol. The van der Waals surface area contributed by atoms with E-state index in [-0.39, 0.29) is 26.5 Å². The third-order valence-corrected chi connectivity index (χ3v) is 10.3. The maximum Gasteiger partial charge on any atom is 0.313 e. The van der Waals surface area contributed by atoms with E-state index in [1.54, 1.807) is 12.1 Å². The Labute approximate surface area is 241 Å². The lowest BCUT2D eigenvalue weighted by Gasteiger charge is -2.31. The van der Waals surface area contributed by atoms with Gasteiger partial charge in [0.25, 0.3) is 0 Å². The number of carbonyl (C=O) groups excluding carboxylic acids is 2. The zero-order valence-electron chi connectivity index (χ0n) is 22.1. The predicted octanol–water partition coefficient (Wildman–Crippen LogP) is 5.10. The number of nitrogens with one attached hydrogen (secondary N) is 2. The Kier molecular flexibility index (Phi) is 8.77. The molecule has 40 heavy (non-hydrogen) atoms. The lowest BCUT2D eigenvalue weighted by Crippen LogP contribution is -2.39. The number of anilines is 2. The van der Waals surface area contributed by atoms with E-state index in [4.69, 9.17) is 0 Å². The highest BCUT2D eigenvalue weighted by Gasteiger charge is 2.37. The van der Waals surface area contributed by atoms with Gasteiger partial charge in [-0.3, -0.25) is 9.59 Å². The predicted molar refractivity (Wildman–Crippen MR) is 151 cm³/mol. The number of amides is 2. The van der Waals surface area contributed by atoms with E-state index < -0.39 is 39.5 Å².